The Hall–Kier alpha value is -0.630. The van der Waals surface area contributed by atoms with Crippen molar-refractivity contribution in [2.75, 3.05) is 6.61 Å². The van der Waals surface area contributed by atoms with Gasteiger partial charge >= 0.3 is 8.25 Å². The monoisotopic (exact) mass is 200 g/mol. The Bertz CT molecular complexity index is 281. The van der Waals surface area contributed by atoms with Gasteiger partial charge < -0.3 is 9.42 Å². The minimum absolute atomic E-state index is 0.303. The average Bonchev–Trinajstić information content (AvgIpc) is 2.08. The highest BCUT2D eigenvalue weighted by Gasteiger charge is 1.94. The summed E-state index contributed by atoms with van der Waals surface area (Å²) < 4.78 is 14.8. The van der Waals surface area contributed by atoms with Gasteiger partial charge in [0.25, 0.3) is 0 Å². The normalized spacial score (nSPS) is 12.8. The number of rotatable bonds is 4. The quantitative estimate of drug-likeness (QED) is 0.755. The zero-order valence-corrected chi connectivity index (χ0v) is 8.49. The first kappa shape index (κ1) is 10.5. The molecule has 0 saturated carbocycles. The van der Waals surface area contributed by atoms with Crippen LogP contribution in [0.5, 0.6) is 0 Å². The molecular formula is C9H13O3P. The van der Waals surface area contributed by atoms with E-state index in [-0.39, 0.29) is 0 Å². The highest BCUT2D eigenvalue weighted by Crippen LogP contribution is 2.14. The molecule has 1 atom stereocenters. The van der Waals surface area contributed by atoms with Crippen LogP contribution in [-0.2, 0) is 15.5 Å². The molecule has 0 bridgehead atoms. The summed E-state index contributed by atoms with van der Waals surface area (Å²) in [4.78, 5) is 8.40. The maximum atomic E-state index is 10.2. The topological polar surface area (TPSA) is 46.5 Å². The van der Waals surface area contributed by atoms with Crippen molar-refractivity contribution in [3.63, 3.8) is 0 Å². The zero-order chi connectivity index (χ0) is 9.68. The van der Waals surface area contributed by atoms with E-state index in [9.17, 15) is 4.57 Å². The van der Waals surface area contributed by atoms with Crippen LogP contribution in [0.3, 0.4) is 0 Å². The van der Waals surface area contributed by atoms with E-state index in [0.717, 1.165) is 5.56 Å². The molecule has 0 aliphatic rings. The molecule has 13 heavy (non-hydrogen) atoms. The fourth-order valence-corrected chi connectivity index (χ4v) is 1.29. The molecule has 0 saturated heterocycles. The van der Waals surface area contributed by atoms with Crippen LogP contribution in [0, 0.1) is 6.92 Å². The van der Waals surface area contributed by atoms with Gasteiger partial charge in [-0.15, -0.1) is 0 Å². The Morgan fingerprint density at radius 2 is 2.00 bits per heavy atom. The van der Waals surface area contributed by atoms with Gasteiger partial charge in [-0.3, -0.25) is 4.57 Å². The van der Waals surface area contributed by atoms with Gasteiger partial charge in [0.15, 0.2) is 0 Å². The lowest BCUT2D eigenvalue weighted by molar-refractivity contribution is 0.285. The Balaban J connectivity index is 2.37. The summed E-state index contributed by atoms with van der Waals surface area (Å²) in [6, 6.07) is 8.01. The molecule has 0 aliphatic carbocycles. The Labute approximate surface area is 78.3 Å². The van der Waals surface area contributed by atoms with Gasteiger partial charge in [0, 0.05) is 0 Å². The lowest BCUT2D eigenvalue weighted by Crippen LogP contribution is -1.92. The van der Waals surface area contributed by atoms with Gasteiger partial charge in [-0.25, -0.2) is 0 Å². The number of hydrogen-bond acceptors (Lipinski definition) is 2. The van der Waals surface area contributed by atoms with E-state index in [2.05, 4.69) is 4.52 Å². The average molecular weight is 200 g/mol. The summed E-state index contributed by atoms with van der Waals surface area (Å²) in [7, 11) is -2.76. The van der Waals surface area contributed by atoms with E-state index < -0.39 is 8.25 Å². The summed E-state index contributed by atoms with van der Waals surface area (Å²) in [6.07, 6.45) is 0.678. The van der Waals surface area contributed by atoms with Gasteiger partial charge in [-0.1, -0.05) is 29.8 Å². The van der Waals surface area contributed by atoms with Crippen LogP contribution in [0.4, 0.5) is 0 Å². The second kappa shape index (κ2) is 5.18. The molecule has 0 spiro atoms. The number of hydrogen-bond donors (Lipinski definition) is 1. The number of aryl methyl sites for hydroxylation is 1. The van der Waals surface area contributed by atoms with Crippen LogP contribution in [0.25, 0.3) is 0 Å². The molecule has 4 heteroatoms. The molecule has 1 rings (SSSR count). The molecule has 1 unspecified atom stereocenters. The van der Waals surface area contributed by atoms with Crippen molar-refractivity contribution in [1.29, 1.82) is 0 Å². The third-order valence-corrected chi connectivity index (χ3v) is 2.19. The highest BCUT2D eigenvalue weighted by atomic mass is 31.1. The minimum atomic E-state index is -2.76. The SMILES string of the molecule is Cc1ccc(CCO[PH](=O)O)cc1. The van der Waals surface area contributed by atoms with Crippen LogP contribution >= 0.6 is 8.25 Å². The van der Waals surface area contributed by atoms with Gasteiger partial charge in [-0.05, 0) is 18.9 Å². The Kier molecular flexibility index (Phi) is 4.16. The summed E-state index contributed by atoms with van der Waals surface area (Å²) in [5.74, 6) is 0. The summed E-state index contributed by atoms with van der Waals surface area (Å²) in [6.45, 7) is 2.32. The van der Waals surface area contributed by atoms with E-state index in [4.69, 9.17) is 4.89 Å². The first-order chi connectivity index (χ1) is 6.18. The van der Waals surface area contributed by atoms with Crippen LogP contribution < -0.4 is 0 Å². The van der Waals surface area contributed by atoms with Gasteiger partial charge in [0.05, 0.1) is 6.61 Å². The van der Waals surface area contributed by atoms with Crippen LogP contribution in [0.15, 0.2) is 24.3 Å². The second-order valence-corrected chi connectivity index (χ2v) is 3.67. The molecule has 0 aromatic heterocycles. The fourth-order valence-electron chi connectivity index (χ4n) is 1.01. The molecule has 0 aliphatic heterocycles. The predicted molar refractivity (Wildman–Crippen MR) is 52.1 cm³/mol. The fraction of sp³-hybridized carbons (Fsp3) is 0.333. The molecule has 1 aromatic rings. The highest BCUT2D eigenvalue weighted by molar-refractivity contribution is 7.32. The maximum Gasteiger partial charge on any atom is 0.316 e. The van der Waals surface area contributed by atoms with Crippen molar-refractivity contribution in [2.24, 2.45) is 0 Å². The standard InChI is InChI=1S/C9H13O3P/c1-8-2-4-9(5-3-8)6-7-12-13(10)11/h2-5,13H,6-7H2,1H3,(H,10,11). The van der Waals surface area contributed by atoms with Gasteiger partial charge in [-0.2, -0.15) is 0 Å². The van der Waals surface area contributed by atoms with Crippen LogP contribution in [0.2, 0.25) is 0 Å². The molecular weight excluding hydrogens is 187 g/mol. The van der Waals surface area contributed by atoms with Crippen molar-refractivity contribution < 1.29 is 14.0 Å². The van der Waals surface area contributed by atoms with Crippen molar-refractivity contribution in [1.82, 2.24) is 0 Å². The van der Waals surface area contributed by atoms with Crippen molar-refractivity contribution in [2.45, 2.75) is 13.3 Å². The number of benzene rings is 1. The molecule has 72 valence electrons. The molecule has 1 N–H and O–H groups in total. The van der Waals surface area contributed by atoms with Crippen molar-refractivity contribution in [3.8, 4) is 0 Å². The molecule has 1 aromatic carbocycles. The lowest BCUT2D eigenvalue weighted by Gasteiger charge is -2.01. The van der Waals surface area contributed by atoms with Crippen molar-refractivity contribution in [3.05, 3.63) is 35.4 Å². The van der Waals surface area contributed by atoms with Crippen LogP contribution in [-0.4, -0.2) is 11.5 Å². The Morgan fingerprint density at radius 3 is 2.54 bits per heavy atom. The predicted octanol–water partition coefficient (Wildman–Crippen LogP) is 1.94. The molecule has 0 radical (unpaired) electrons. The van der Waals surface area contributed by atoms with E-state index in [1.807, 2.05) is 31.2 Å². The van der Waals surface area contributed by atoms with Gasteiger partial charge in [0.2, 0.25) is 0 Å². The molecule has 0 heterocycles. The third-order valence-electron chi connectivity index (χ3n) is 1.74. The van der Waals surface area contributed by atoms with E-state index in [1.54, 1.807) is 0 Å². The lowest BCUT2D eigenvalue weighted by atomic mass is 10.1. The summed E-state index contributed by atoms with van der Waals surface area (Å²) in [5.41, 5.74) is 2.33. The van der Waals surface area contributed by atoms with E-state index >= 15 is 0 Å². The minimum Gasteiger partial charge on any atom is -0.326 e. The smallest absolute Gasteiger partial charge is 0.316 e. The van der Waals surface area contributed by atoms with Gasteiger partial charge in [0.1, 0.15) is 0 Å². The first-order valence-electron chi connectivity index (χ1n) is 4.10. The largest absolute Gasteiger partial charge is 0.326 e. The third kappa shape index (κ3) is 4.23. The zero-order valence-electron chi connectivity index (χ0n) is 7.49. The maximum absolute atomic E-state index is 10.2. The van der Waals surface area contributed by atoms with E-state index in [1.165, 1.54) is 5.56 Å². The van der Waals surface area contributed by atoms with E-state index in [0.29, 0.717) is 13.0 Å². The first-order valence-corrected chi connectivity index (χ1v) is 5.36. The molecule has 0 amide bonds. The molecule has 3 nitrogen and oxygen atoms in total. The summed E-state index contributed by atoms with van der Waals surface area (Å²) >= 11 is 0. The van der Waals surface area contributed by atoms with Crippen LogP contribution in [0.1, 0.15) is 11.1 Å². The summed E-state index contributed by atoms with van der Waals surface area (Å²) in [5, 5.41) is 0. The Morgan fingerprint density at radius 1 is 1.38 bits per heavy atom. The van der Waals surface area contributed by atoms with Crippen molar-refractivity contribution >= 4 is 8.25 Å². The second-order valence-electron chi connectivity index (χ2n) is 2.85. The molecule has 0 fully saturated rings.